The molecule has 2 aliphatic heterocycles. The van der Waals surface area contributed by atoms with Crippen LogP contribution in [0.15, 0.2) is 250 Å². The van der Waals surface area contributed by atoms with Gasteiger partial charge in [0.05, 0.1) is 0 Å². The molecule has 0 aromatic heterocycles. The van der Waals surface area contributed by atoms with E-state index >= 15 is 0 Å². The molecule has 0 saturated carbocycles. The fraction of sp³-hybridized carbons (Fsp3) is 0. The second-order valence-electron chi connectivity index (χ2n) is 15.8. The van der Waals surface area contributed by atoms with Gasteiger partial charge < -0.3 is 21.3 Å². The van der Waals surface area contributed by atoms with E-state index in [0.29, 0.717) is 35.0 Å². The van der Waals surface area contributed by atoms with Crippen molar-refractivity contribution in [1.29, 1.82) is 0 Å². The largest absolute Gasteiger partial charge is 0.337 e. The third-order valence-corrected chi connectivity index (χ3v) is 10.6. The molecule has 0 radical (unpaired) electrons. The van der Waals surface area contributed by atoms with E-state index in [-0.39, 0.29) is 0 Å². The maximum absolute atomic E-state index is 4.99. The fourth-order valence-electron chi connectivity index (χ4n) is 6.99. The summed E-state index contributed by atoms with van der Waals surface area (Å²) < 4.78 is 0. The van der Waals surface area contributed by atoms with Gasteiger partial charge in [0, 0.05) is 67.3 Å². The van der Waals surface area contributed by atoms with E-state index in [9.17, 15) is 0 Å². The highest BCUT2D eigenvalue weighted by atomic mass is 15.3. The Morgan fingerprint density at radius 1 is 0.200 bits per heavy atom. The molecule has 4 N–H and O–H groups in total. The van der Waals surface area contributed by atoms with Crippen molar-refractivity contribution >= 4 is 46.1 Å². The van der Waals surface area contributed by atoms with Crippen molar-refractivity contribution in [2.75, 3.05) is 21.3 Å². The number of benzene rings is 8. The van der Waals surface area contributed by atoms with Crippen LogP contribution in [0.3, 0.4) is 0 Å². The maximum Gasteiger partial charge on any atom is 0.202 e. The highest BCUT2D eigenvalue weighted by molar-refractivity contribution is 6.51. The number of hydrogen-bond donors (Lipinski definition) is 4. The Balaban J connectivity index is 0.957. The molecule has 2 heterocycles. The minimum Gasteiger partial charge on any atom is -0.337 e. The van der Waals surface area contributed by atoms with Crippen molar-refractivity contribution < 1.29 is 0 Å². The molecular formula is C62H40N8. The highest BCUT2D eigenvalue weighted by Crippen LogP contribution is 2.25. The van der Waals surface area contributed by atoms with Crippen LogP contribution in [0.4, 0.5) is 22.7 Å². The molecule has 328 valence electrons. The molecule has 8 aromatic rings. The molecule has 0 amide bonds. The van der Waals surface area contributed by atoms with Gasteiger partial charge in [0.25, 0.3) is 0 Å². The van der Waals surface area contributed by atoms with Crippen molar-refractivity contribution in [3.05, 3.63) is 275 Å². The van der Waals surface area contributed by atoms with Gasteiger partial charge in [-0.05, 0) is 146 Å². The lowest BCUT2D eigenvalue weighted by Crippen LogP contribution is -2.27. The molecule has 70 heavy (non-hydrogen) atoms. The average Bonchev–Trinajstić information content (AvgIpc) is 4.01. The zero-order valence-corrected chi connectivity index (χ0v) is 37.6. The van der Waals surface area contributed by atoms with E-state index in [1.54, 1.807) is 0 Å². The monoisotopic (exact) mass is 896 g/mol. The second-order valence-corrected chi connectivity index (χ2v) is 15.8. The molecule has 2 aliphatic rings. The van der Waals surface area contributed by atoms with Gasteiger partial charge in [-0.25, -0.2) is 20.0 Å². The zero-order valence-electron chi connectivity index (χ0n) is 37.6. The van der Waals surface area contributed by atoms with Gasteiger partial charge in [0.2, 0.25) is 11.6 Å². The van der Waals surface area contributed by atoms with Crippen LogP contribution in [-0.4, -0.2) is 23.3 Å². The Morgan fingerprint density at radius 2 is 0.371 bits per heavy atom. The Morgan fingerprint density at radius 3 is 0.557 bits per heavy atom. The summed E-state index contributed by atoms with van der Waals surface area (Å²) >= 11 is 0. The molecule has 0 aliphatic carbocycles. The molecule has 10 rings (SSSR count). The van der Waals surface area contributed by atoms with Crippen molar-refractivity contribution in [3.8, 4) is 47.4 Å². The topological polar surface area (TPSA) is 97.6 Å². The zero-order chi connectivity index (χ0) is 47.2. The molecule has 0 unspecified atom stereocenters. The first-order valence-electron chi connectivity index (χ1n) is 22.5. The molecule has 8 aromatic carbocycles. The number of hydrogen-bond acceptors (Lipinski definition) is 8. The van der Waals surface area contributed by atoms with Gasteiger partial charge in [-0.1, -0.05) is 120 Å². The average molecular weight is 897 g/mol. The normalized spacial score (nSPS) is 12.1. The lowest BCUT2D eigenvalue weighted by molar-refractivity contribution is 1.12. The third kappa shape index (κ3) is 11.7. The lowest BCUT2D eigenvalue weighted by atomic mass is 10.1. The molecule has 0 spiro atoms. The number of nitrogens with one attached hydrogen (secondary N) is 4. The van der Waals surface area contributed by atoms with Crippen LogP contribution < -0.4 is 21.3 Å². The number of anilines is 4. The maximum atomic E-state index is 4.99. The Hall–Kier alpha value is -10.4. The SMILES string of the molecule is C(#Cc1ccc(NC2=NC(=C3N=C(Nc4ccc(C#Cc5ccccc5)cc4)C(Nc4ccc(C#Cc5ccccc5)cc4)=N3)N=C2Nc2ccc(C#Cc3ccccc3)cc2)cc1)c1ccccc1. The summed E-state index contributed by atoms with van der Waals surface area (Å²) in [4.78, 5) is 19.9. The molecule has 8 nitrogen and oxygen atoms in total. The number of nitrogens with zero attached hydrogens (tertiary/aromatic N) is 4. The van der Waals surface area contributed by atoms with E-state index in [1.807, 2.05) is 218 Å². The van der Waals surface area contributed by atoms with Gasteiger partial charge in [-0.2, -0.15) is 0 Å². The Labute approximate surface area is 407 Å². The predicted molar refractivity (Wildman–Crippen MR) is 287 cm³/mol. The lowest BCUT2D eigenvalue weighted by Gasteiger charge is -2.11. The first kappa shape index (κ1) is 43.5. The van der Waals surface area contributed by atoms with Gasteiger partial charge in [0.15, 0.2) is 23.3 Å². The van der Waals surface area contributed by atoms with Crippen molar-refractivity contribution in [1.82, 2.24) is 0 Å². The van der Waals surface area contributed by atoms with Gasteiger partial charge in [-0.15, -0.1) is 0 Å². The molecule has 0 fully saturated rings. The first-order chi connectivity index (χ1) is 34.6. The van der Waals surface area contributed by atoms with E-state index in [4.69, 9.17) is 20.0 Å². The quantitative estimate of drug-likeness (QED) is 0.132. The Kier molecular flexibility index (Phi) is 13.2. The summed E-state index contributed by atoms with van der Waals surface area (Å²) in [6, 6.07) is 71.2. The van der Waals surface area contributed by atoms with Crippen LogP contribution in [0.25, 0.3) is 0 Å². The van der Waals surface area contributed by atoms with E-state index in [2.05, 4.69) is 68.6 Å². The molecule has 8 heteroatoms. The fourth-order valence-corrected chi connectivity index (χ4v) is 6.99. The van der Waals surface area contributed by atoms with Gasteiger partial charge in [-0.3, -0.25) is 0 Å². The summed E-state index contributed by atoms with van der Waals surface area (Å²) in [6.07, 6.45) is 0. The van der Waals surface area contributed by atoms with Crippen LogP contribution in [0.1, 0.15) is 44.5 Å². The number of rotatable bonds is 4. The summed E-state index contributed by atoms with van der Waals surface area (Å²) in [6.45, 7) is 0. The molecular weight excluding hydrogens is 857 g/mol. The van der Waals surface area contributed by atoms with Crippen LogP contribution >= 0.6 is 0 Å². The third-order valence-electron chi connectivity index (χ3n) is 10.6. The minimum absolute atomic E-state index is 0.315. The standard InChI is InChI=1S/C62H40N8/c1-5-13-45(14-6-1)21-25-49-29-37-53(38-30-49)63-57-58(64-54-39-31-50(32-40-54)26-22-46-15-7-2-8-16-46)68-61(67-57)62-69-59(65-55-41-33-51(34-42-55)27-23-47-17-9-3-10-18-47)60(70-62)66-56-43-35-52(36-44-56)28-24-48-19-11-4-12-20-48/h1-20,29-44H,(H,63,67)(H,64,68)(H,65,69)(H,66,70). The second kappa shape index (κ2) is 21.3. The summed E-state index contributed by atoms with van der Waals surface area (Å²) in [5.74, 6) is 28.5. The predicted octanol–water partition coefficient (Wildman–Crippen LogP) is 11.8. The molecule has 0 atom stereocenters. The van der Waals surface area contributed by atoms with Crippen molar-refractivity contribution in [2.24, 2.45) is 20.0 Å². The Bertz CT molecular complexity index is 3100. The van der Waals surface area contributed by atoms with E-state index in [0.717, 1.165) is 67.3 Å². The summed E-state index contributed by atoms with van der Waals surface area (Å²) in [7, 11) is 0. The number of amidine groups is 4. The summed E-state index contributed by atoms with van der Waals surface area (Å²) in [5, 5.41) is 13.9. The van der Waals surface area contributed by atoms with Crippen molar-refractivity contribution in [3.63, 3.8) is 0 Å². The van der Waals surface area contributed by atoms with E-state index in [1.165, 1.54) is 0 Å². The number of aliphatic imine (C=N–C) groups is 4. The van der Waals surface area contributed by atoms with Crippen LogP contribution in [0.5, 0.6) is 0 Å². The first-order valence-corrected chi connectivity index (χ1v) is 22.5. The van der Waals surface area contributed by atoms with Crippen LogP contribution in [0.2, 0.25) is 0 Å². The molecule has 0 bridgehead atoms. The van der Waals surface area contributed by atoms with E-state index < -0.39 is 0 Å². The highest BCUT2D eigenvalue weighted by Gasteiger charge is 2.26. The van der Waals surface area contributed by atoms with Gasteiger partial charge in [0.1, 0.15) is 0 Å². The van der Waals surface area contributed by atoms with Gasteiger partial charge >= 0.3 is 0 Å². The minimum atomic E-state index is 0.315. The molecule has 0 saturated heterocycles. The summed E-state index contributed by atoms with van der Waals surface area (Å²) in [5.41, 5.74) is 10.5. The van der Waals surface area contributed by atoms with Crippen LogP contribution in [0, 0.1) is 47.4 Å². The van der Waals surface area contributed by atoms with Crippen molar-refractivity contribution in [2.45, 2.75) is 0 Å². The smallest absolute Gasteiger partial charge is 0.202 e. The van der Waals surface area contributed by atoms with Crippen LogP contribution in [-0.2, 0) is 0 Å².